The molecular formula is C17H28N4O. The average molecular weight is 304 g/mol. The Morgan fingerprint density at radius 3 is 2.68 bits per heavy atom. The Morgan fingerprint density at radius 2 is 1.82 bits per heavy atom. The lowest BCUT2D eigenvalue weighted by Gasteiger charge is -2.18. The fourth-order valence-corrected chi connectivity index (χ4v) is 2.63. The summed E-state index contributed by atoms with van der Waals surface area (Å²) in [5.74, 6) is 0.0221. The highest BCUT2D eigenvalue weighted by molar-refractivity contribution is 5.94. The molecule has 0 radical (unpaired) electrons. The largest absolute Gasteiger partial charge is 0.352 e. The first-order chi connectivity index (χ1) is 10.9. The van der Waals surface area contributed by atoms with Crippen LogP contribution in [0, 0.1) is 0 Å². The first kappa shape index (κ1) is 16.9. The Balaban J connectivity index is 1.57. The maximum Gasteiger partial charge on any atom is 0.251 e. The smallest absolute Gasteiger partial charge is 0.251 e. The van der Waals surface area contributed by atoms with Crippen molar-refractivity contribution in [3.05, 3.63) is 35.9 Å². The van der Waals surface area contributed by atoms with Gasteiger partial charge in [0, 0.05) is 50.9 Å². The van der Waals surface area contributed by atoms with E-state index in [0.29, 0.717) is 6.04 Å². The van der Waals surface area contributed by atoms with Crippen molar-refractivity contribution in [2.24, 2.45) is 0 Å². The molecule has 1 aliphatic heterocycles. The molecule has 1 aromatic rings. The topological polar surface area (TPSA) is 65.2 Å². The average Bonchev–Trinajstić information content (AvgIpc) is 2.69. The van der Waals surface area contributed by atoms with E-state index in [1.807, 2.05) is 30.3 Å². The molecule has 0 saturated carbocycles. The molecular weight excluding hydrogens is 276 g/mol. The maximum absolute atomic E-state index is 11.9. The van der Waals surface area contributed by atoms with Gasteiger partial charge in [0.2, 0.25) is 0 Å². The van der Waals surface area contributed by atoms with Crippen molar-refractivity contribution in [2.45, 2.75) is 25.3 Å². The first-order valence-corrected chi connectivity index (χ1v) is 8.34. The number of benzene rings is 1. The summed E-state index contributed by atoms with van der Waals surface area (Å²) < 4.78 is 0. The summed E-state index contributed by atoms with van der Waals surface area (Å²) in [6, 6.07) is 9.92. The second-order valence-electron chi connectivity index (χ2n) is 5.72. The van der Waals surface area contributed by atoms with Gasteiger partial charge in [-0.05, 0) is 25.0 Å². The van der Waals surface area contributed by atoms with Gasteiger partial charge in [0.05, 0.1) is 0 Å². The van der Waals surface area contributed by atoms with E-state index in [2.05, 4.69) is 21.3 Å². The van der Waals surface area contributed by atoms with Gasteiger partial charge in [-0.25, -0.2) is 0 Å². The van der Waals surface area contributed by atoms with E-state index in [1.54, 1.807) is 0 Å². The molecule has 22 heavy (non-hydrogen) atoms. The highest BCUT2D eigenvalue weighted by Gasteiger charge is 2.09. The van der Waals surface area contributed by atoms with E-state index in [4.69, 9.17) is 0 Å². The van der Waals surface area contributed by atoms with Crippen molar-refractivity contribution in [3.8, 4) is 0 Å². The lowest BCUT2D eigenvalue weighted by Crippen LogP contribution is -2.39. The number of rotatable bonds is 6. The third-order valence-corrected chi connectivity index (χ3v) is 3.90. The molecule has 0 aliphatic carbocycles. The predicted octanol–water partition coefficient (Wildman–Crippen LogP) is 0.738. The molecule has 0 unspecified atom stereocenters. The van der Waals surface area contributed by atoms with E-state index >= 15 is 0 Å². The van der Waals surface area contributed by atoms with Gasteiger partial charge in [0.15, 0.2) is 0 Å². The zero-order chi connectivity index (χ0) is 15.5. The number of hydrogen-bond donors (Lipinski definition) is 4. The SMILES string of the molecule is O=C(NCCCC[C@H]1CNCCNCCN1)c1ccccc1. The predicted molar refractivity (Wildman–Crippen MR) is 90.2 cm³/mol. The monoisotopic (exact) mass is 304 g/mol. The van der Waals surface area contributed by atoms with Crippen LogP contribution >= 0.6 is 0 Å². The number of amides is 1. The summed E-state index contributed by atoms with van der Waals surface area (Å²) in [5, 5.41) is 13.4. The molecule has 5 heteroatoms. The van der Waals surface area contributed by atoms with E-state index < -0.39 is 0 Å². The molecule has 0 aromatic heterocycles. The summed E-state index contributed by atoms with van der Waals surface area (Å²) in [5.41, 5.74) is 0.733. The van der Waals surface area contributed by atoms with E-state index in [0.717, 1.165) is 64.1 Å². The van der Waals surface area contributed by atoms with Crippen molar-refractivity contribution in [2.75, 3.05) is 39.3 Å². The van der Waals surface area contributed by atoms with Gasteiger partial charge < -0.3 is 21.3 Å². The van der Waals surface area contributed by atoms with E-state index in [9.17, 15) is 4.79 Å². The van der Waals surface area contributed by atoms with Crippen LogP contribution in [0.3, 0.4) is 0 Å². The van der Waals surface area contributed by atoms with Crippen LogP contribution in [0.25, 0.3) is 0 Å². The zero-order valence-electron chi connectivity index (χ0n) is 13.2. The number of unbranched alkanes of at least 4 members (excludes halogenated alkanes) is 1. The van der Waals surface area contributed by atoms with E-state index in [-0.39, 0.29) is 5.91 Å². The van der Waals surface area contributed by atoms with Crippen LogP contribution in [0.4, 0.5) is 0 Å². The minimum absolute atomic E-state index is 0.0221. The maximum atomic E-state index is 11.9. The molecule has 1 amide bonds. The Hall–Kier alpha value is -1.43. The second kappa shape index (κ2) is 10.3. The molecule has 0 spiro atoms. The van der Waals surface area contributed by atoms with Gasteiger partial charge >= 0.3 is 0 Å². The highest BCUT2D eigenvalue weighted by atomic mass is 16.1. The van der Waals surface area contributed by atoms with E-state index in [1.165, 1.54) is 0 Å². The third kappa shape index (κ3) is 6.56. The van der Waals surface area contributed by atoms with Gasteiger partial charge in [-0.15, -0.1) is 0 Å². The fraction of sp³-hybridized carbons (Fsp3) is 0.588. The van der Waals surface area contributed by atoms with Gasteiger partial charge in [-0.2, -0.15) is 0 Å². The van der Waals surface area contributed by atoms with Crippen molar-refractivity contribution in [1.29, 1.82) is 0 Å². The Bertz CT molecular complexity index is 414. The Kier molecular flexibility index (Phi) is 7.94. The summed E-state index contributed by atoms with van der Waals surface area (Å²) >= 11 is 0. The summed E-state index contributed by atoms with van der Waals surface area (Å²) in [6.07, 6.45) is 3.30. The van der Waals surface area contributed by atoms with Crippen LogP contribution in [0.15, 0.2) is 30.3 Å². The molecule has 0 bridgehead atoms. The summed E-state index contributed by atoms with van der Waals surface area (Å²) in [6.45, 7) is 5.90. The second-order valence-corrected chi connectivity index (χ2v) is 5.72. The minimum atomic E-state index is 0.0221. The molecule has 1 saturated heterocycles. The summed E-state index contributed by atoms with van der Waals surface area (Å²) in [4.78, 5) is 11.9. The van der Waals surface area contributed by atoms with Gasteiger partial charge in [0.25, 0.3) is 5.91 Å². The van der Waals surface area contributed by atoms with Gasteiger partial charge in [-0.1, -0.05) is 24.6 Å². The van der Waals surface area contributed by atoms with Crippen molar-refractivity contribution in [1.82, 2.24) is 21.3 Å². The Labute approximate surface area is 133 Å². The number of carbonyl (C=O) groups excluding carboxylic acids is 1. The van der Waals surface area contributed by atoms with Crippen LogP contribution in [0.2, 0.25) is 0 Å². The van der Waals surface area contributed by atoms with Crippen LogP contribution in [0.1, 0.15) is 29.6 Å². The zero-order valence-corrected chi connectivity index (χ0v) is 13.2. The molecule has 5 nitrogen and oxygen atoms in total. The molecule has 1 atom stereocenters. The Morgan fingerprint density at radius 1 is 1.05 bits per heavy atom. The number of nitrogens with one attached hydrogen (secondary N) is 4. The molecule has 1 heterocycles. The lowest BCUT2D eigenvalue weighted by atomic mass is 10.1. The van der Waals surface area contributed by atoms with Gasteiger partial charge in [0.1, 0.15) is 0 Å². The minimum Gasteiger partial charge on any atom is -0.352 e. The molecule has 2 rings (SSSR count). The van der Waals surface area contributed by atoms with Gasteiger partial charge in [-0.3, -0.25) is 4.79 Å². The number of hydrogen-bond acceptors (Lipinski definition) is 4. The standard InChI is InChI=1S/C17H28N4O/c22-17(15-6-2-1-3-7-15)21-9-5-4-8-16-14-19-11-10-18-12-13-20-16/h1-3,6-7,16,18-20H,4-5,8-14H2,(H,21,22)/t16-/m0/s1. The fourth-order valence-electron chi connectivity index (χ4n) is 2.63. The van der Waals surface area contributed by atoms with Crippen molar-refractivity contribution in [3.63, 3.8) is 0 Å². The quantitative estimate of drug-likeness (QED) is 0.585. The molecule has 1 aliphatic rings. The highest BCUT2D eigenvalue weighted by Crippen LogP contribution is 2.02. The number of carbonyl (C=O) groups is 1. The third-order valence-electron chi connectivity index (χ3n) is 3.90. The lowest BCUT2D eigenvalue weighted by molar-refractivity contribution is 0.0953. The van der Waals surface area contributed by atoms with Crippen LogP contribution in [-0.2, 0) is 0 Å². The molecule has 4 N–H and O–H groups in total. The van der Waals surface area contributed by atoms with Crippen LogP contribution in [-0.4, -0.2) is 51.2 Å². The summed E-state index contributed by atoms with van der Waals surface area (Å²) in [7, 11) is 0. The van der Waals surface area contributed by atoms with Crippen molar-refractivity contribution >= 4 is 5.91 Å². The van der Waals surface area contributed by atoms with Crippen LogP contribution in [0.5, 0.6) is 0 Å². The normalized spacial score (nSPS) is 19.7. The molecule has 1 aromatic carbocycles. The van der Waals surface area contributed by atoms with Crippen LogP contribution < -0.4 is 21.3 Å². The van der Waals surface area contributed by atoms with Crippen molar-refractivity contribution < 1.29 is 4.79 Å². The molecule has 1 fully saturated rings. The molecule has 122 valence electrons. The first-order valence-electron chi connectivity index (χ1n) is 8.34.